The number of hydroxylamine groups is 1. The van der Waals surface area contributed by atoms with Crippen LogP contribution >= 0.6 is 0 Å². The summed E-state index contributed by atoms with van der Waals surface area (Å²) in [5.74, 6) is -0.947. The zero-order chi connectivity index (χ0) is 12.1. The Hall–Kier alpha value is -2.64. The lowest BCUT2D eigenvalue weighted by Gasteiger charge is -2.01. The normalized spacial score (nSPS) is 9.25. The van der Waals surface area contributed by atoms with E-state index in [9.17, 15) is 19.7 Å². The lowest BCUT2D eigenvalue weighted by atomic mass is 10.2. The number of hydrogen-bond acceptors (Lipinski definition) is 5. The highest BCUT2D eigenvalue weighted by Crippen LogP contribution is 2.12. The van der Waals surface area contributed by atoms with E-state index in [1.807, 2.05) is 0 Å². The van der Waals surface area contributed by atoms with Crippen molar-refractivity contribution in [3.05, 3.63) is 39.9 Å². The van der Waals surface area contributed by atoms with Gasteiger partial charge in [-0.2, -0.15) is 0 Å². The monoisotopic (exact) mass is 226 g/mol. The molecule has 0 aliphatic carbocycles. The molecule has 8 nitrogen and oxygen atoms in total. The number of hydrogen-bond donors (Lipinski definition) is 2. The van der Waals surface area contributed by atoms with Crippen LogP contribution in [0.2, 0.25) is 0 Å². The van der Waals surface area contributed by atoms with Crippen LogP contribution in [0.25, 0.3) is 0 Å². The van der Waals surface area contributed by atoms with Gasteiger partial charge in [0.05, 0.1) is 10.5 Å². The first kappa shape index (κ1) is 11.4. The molecule has 0 heterocycles. The molecule has 0 radical (unpaired) electrons. The largest absolute Gasteiger partial charge is 0.463 e. The number of carbonyl (C=O) groups excluding carboxylic acids is 1. The van der Waals surface area contributed by atoms with Gasteiger partial charge in [0.1, 0.15) is 0 Å². The fraction of sp³-hybridized carbons (Fsp3) is 0. The van der Waals surface area contributed by atoms with Crippen molar-refractivity contribution in [3.8, 4) is 0 Å². The number of non-ortho nitro benzene ring substituents is 1. The number of carboxylic acid groups (broad SMARTS) is 1. The molecule has 0 spiro atoms. The Bertz CT molecular complexity index is 427. The Kier molecular flexibility index (Phi) is 3.38. The number of benzene rings is 1. The third-order valence-electron chi connectivity index (χ3n) is 1.54. The minimum atomic E-state index is -1.52. The highest BCUT2D eigenvalue weighted by Gasteiger charge is 2.11. The third-order valence-corrected chi connectivity index (χ3v) is 1.54. The summed E-state index contributed by atoms with van der Waals surface area (Å²) in [7, 11) is 0. The molecule has 84 valence electrons. The summed E-state index contributed by atoms with van der Waals surface area (Å²) < 4.78 is 0. The van der Waals surface area contributed by atoms with Crippen molar-refractivity contribution in [1.29, 1.82) is 0 Å². The Morgan fingerprint density at radius 2 is 1.88 bits per heavy atom. The van der Waals surface area contributed by atoms with E-state index in [1.165, 1.54) is 5.48 Å². The number of nitrogens with one attached hydrogen (secondary N) is 1. The maximum Gasteiger partial charge on any atom is 0.438 e. The lowest BCUT2D eigenvalue weighted by molar-refractivity contribution is -0.384. The van der Waals surface area contributed by atoms with Gasteiger partial charge < -0.3 is 9.94 Å². The molecule has 1 aromatic carbocycles. The summed E-state index contributed by atoms with van der Waals surface area (Å²) >= 11 is 0. The van der Waals surface area contributed by atoms with Crippen molar-refractivity contribution in [2.45, 2.75) is 0 Å². The van der Waals surface area contributed by atoms with Crippen LogP contribution in [-0.4, -0.2) is 22.1 Å². The Morgan fingerprint density at radius 3 is 2.31 bits per heavy atom. The van der Waals surface area contributed by atoms with Gasteiger partial charge >= 0.3 is 12.1 Å². The molecule has 0 unspecified atom stereocenters. The highest BCUT2D eigenvalue weighted by atomic mass is 16.7. The first-order valence-corrected chi connectivity index (χ1v) is 3.95. The van der Waals surface area contributed by atoms with Crippen LogP contribution in [0.4, 0.5) is 10.5 Å². The van der Waals surface area contributed by atoms with Crippen LogP contribution in [0, 0.1) is 10.1 Å². The molecule has 0 fully saturated rings. The predicted octanol–water partition coefficient (Wildman–Crippen LogP) is 0.934. The van der Waals surface area contributed by atoms with E-state index in [2.05, 4.69) is 4.84 Å². The topological polar surface area (TPSA) is 119 Å². The molecule has 1 rings (SSSR count). The summed E-state index contributed by atoms with van der Waals surface area (Å²) in [6.07, 6.45) is -1.52. The van der Waals surface area contributed by atoms with Crippen LogP contribution in [0.3, 0.4) is 0 Å². The third kappa shape index (κ3) is 2.94. The van der Waals surface area contributed by atoms with Gasteiger partial charge in [0.25, 0.3) is 5.69 Å². The summed E-state index contributed by atoms with van der Waals surface area (Å²) in [6.45, 7) is 0. The summed E-state index contributed by atoms with van der Waals surface area (Å²) in [5.41, 5.74) is 1.24. The van der Waals surface area contributed by atoms with Gasteiger partial charge in [0, 0.05) is 12.1 Å². The Morgan fingerprint density at radius 1 is 1.31 bits per heavy atom. The highest BCUT2D eigenvalue weighted by molar-refractivity contribution is 5.90. The molecule has 16 heavy (non-hydrogen) atoms. The Balaban J connectivity index is 2.70. The van der Waals surface area contributed by atoms with Crippen molar-refractivity contribution in [3.63, 3.8) is 0 Å². The van der Waals surface area contributed by atoms with Gasteiger partial charge in [-0.05, 0) is 12.1 Å². The van der Waals surface area contributed by atoms with E-state index in [-0.39, 0.29) is 11.3 Å². The van der Waals surface area contributed by atoms with Crippen molar-refractivity contribution < 1.29 is 24.5 Å². The SMILES string of the molecule is O=C(O)NOC(=O)c1ccc([N+](=O)[O-])cc1. The molecule has 0 aliphatic rings. The van der Waals surface area contributed by atoms with Crippen LogP contribution in [-0.2, 0) is 4.84 Å². The van der Waals surface area contributed by atoms with Crippen LogP contribution in [0.15, 0.2) is 24.3 Å². The molecular formula is C8H6N2O6. The number of nitro groups is 1. The maximum atomic E-state index is 11.1. The summed E-state index contributed by atoms with van der Waals surface area (Å²) in [5, 5.41) is 18.4. The van der Waals surface area contributed by atoms with Gasteiger partial charge in [-0.3, -0.25) is 10.1 Å². The average Bonchev–Trinajstić information content (AvgIpc) is 2.26. The van der Waals surface area contributed by atoms with E-state index < -0.39 is 17.0 Å². The number of nitrogens with zero attached hydrogens (tertiary/aromatic N) is 1. The van der Waals surface area contributed by atoms with Gasteiger partial charge in [0.2, 0.25) is 0 Å². The second-order valence-electron chi connectivity index (χ2n) is 2.60. The molecule has 1 amide bonds. The molecule has 0 saturated carbocycles. The second-order valence-corrected chi connectivity index (χ2v) is 2.60. The van der Waals surface area contributed by atoms with Crippen LogP contribution in [0.1, 0.15) is 10.4 Å². The van der Waals surface area contributed by atoms with Crippen molar-refractivity contribution in [2.75, 3.05) is 0 Å². The van der Waals surface area contributed by atoms with Crippen LogP contribution < -0.4 is 5.48 Å². The fourth-order valence-corrected chi connectivity index (χ4v) is 0.868. The number of nitro benzene ring substituents is 1. The van der Waals surface area contributed by atoms with Gasteiger partial charge in [0.15, 0.2) is 0 Å². The molecule has 0 bridgehead atoms. The van der Waals surface area contributed by atoms with Gasteiger partial charge in [-0.25, -0.2) is 9.59 Å². The van der Waals surface area contributed by atoms with E-state index in [4.69, 9.17) is 5.11 Å². The lowest BCUT2D eigenvalue weighted by Crippen LogP contribution is -2.25. The molecule has 0 saturated heterocycles. The molecule has 1 aromatic rings. The van der Waals surface area contributed by atoms with Crippen LogP contribution in [0.5, 0.6) is 0 Å². The molecule has 0 atom stereocenters. The van der Waals surface area contributed by atoms with Crippen molar-refractivity contribution in [1.82, 2.24) is 5.48 Å². The smallest absolute Gasteiger partial charge is 0.438 e. The second kappa shape index (κ2) is 4.73. The van der Waals surface area contributed by atoms with Gasteiger partial charge in [-0.1, -0.05) is 0 Å². The molecular weight excluding hydrogens is 220 g/mol. The van der Waals surface area contributed by atoms with E-state index in [0.29, 0.717) is 0 Å². The van der Waals surface area contributed by atoms with E-state index in [1.54, 1.807) is 0 Å². The number of rotatable bonds is 2. The first-order valence-electron chi connectivity index (χ1n) is 3.95. The zero-order valence-corrected chi connectivity index (χ0v) is 7.75. The predicted molar refractivity (Wildman–Crippen MR) is 49.7 cm³/mol. The zero-order valence-electron chi connectivity index (χ0n) is 7.75. The molecule has 2 N–H and O–H groups in total. The first-order chi connectivity index (χ1) is 7.50. The fourth-order valence-electron chi connectivity index (χ4n) is 0.868. The maximum absolute atomic E-state index is 11.1. The number of carbonyl (C=O) groups is 2. The molecule has 0 aromatic heterocycles. The average molecular weight is 226 g/mol. The van der Waals surface area contributed by atoms with Crippen molar-refractivity contribution >= 4 is 17.7 Å². The minimum absolute atomic E-state index is 0.000602. The van der Waals surface area contributed by atoms with Gasteiger partial charge in [-0.15, -0.1) is 5.48 Å². The standard InChI is InChI=1S/C8H6N2O6/c11-7(16-9-8(12)13)5-1-3-6(4-2-5)10(14)15/h1-4,9H,(H,12,13). The van der Waals surface area contributed by atoms with E-state index in [0.717, 1.165) is 24.3 Å². The summed E-state index contributed by atoms with van der Waals surface area (Å²) in [4.78, 5) is 34.9. The molecule has 0 aliphatic heterocycles. The summed E-state index contributed by atoms with van der Waals surface area (Å²) in [6, 6.07) is 4.53. The minimum Gasteiger partial charge on any atom is -0.463 e. The quantitative estimate of drug-likeness (QED) is 0.571. The van der Waals surface area contributed by atoms with Crippen molar-refractivity contribution in [2.24, 2.45) is 0 Å². The Labute approximate surface area is 88.5 Å². The number of amides is 1. The molecule has 8 heteroatoms. The van der Waals surface area contributed by atoms with E-state index >= 15 is 0 Å².